The van der Waals surface area contributed by atoms with Gasteiger partial charge in [0.15, 0.2) is 0 Å². The Morgan fingerprint density at radius 1 is 1.17 bits per heavy atom. The van der Waals surface area contributed by atoms with Crippen LogP contribution in [0.4, 0.5) is 4.39 Å². The smallest absolute Gasteiger partial charge is 0.136 e. The zero-order valence-corrected chi connectivity index (χ0v) is 11.1. The SMILES string of the molecule is CCCc1nc(Cl)c(C)c(-c2ccc(F)cc2)n1. The van der Waals surface area contributed by atoms with Crippen LogP contribution in [0.15, 0.2) is 24.3 Å². The maximum atomic E-state index is 12.9. The van der Waals surface area contributed by atoms with Crippen molar-refractivity contribution in [3.63, 3.8) is 0 Å². The van der Waals surface area contributed by atoms with E-state index in [-0.39, 0.29) is 5.82 Å². The molecule has 0 aliphatic carbocycles. The van der Waals surface area contributed by atoms with Crippen molar-refractivity contribution in [3.05, 3.63) is 46.6 Å². The predicted octanol–water partition coefficient (Wildman–Crippen LogP) is 4.20. The van der Waals surface area contributed by atoms with E-state index in [0.29, 0.717) is 5.15 Å². The van der Waals surface area contributed by atoms with Gasteiger partial charge in [-0.15, -0.1) is 0 Å². The van der Waals surface area contributed by atoms with Crippen LogP contribution in [0.2, 0.25) is 5.15 Å². The van der Waals surface area contributed by atoms with Crippen LogP contribution in [-0.4, -0.2) is 9.97 Å². The van der Waals surface area contributed by atoms with Gasteiger partial charge in [-0.2, -0.15) is 0 Å². The molecule has 0 aliphatic heterocycles. The maximum absolute atomic E-state index is 12.9. The van der Waals surface area contributed by atoms with Crippen molar-refractivity contribution in [3.8, 4) is 11.3 Å². The molecule has 0 amide bonds. The van der Waals surface area contributed by atoms with Crippen LogP contribution in [-0.2, 0) is 6.42 Å². The normalized spacial score (nSPS) is 10.7. The van der Waals surface area contributed by atoms with Gasteiger partial charge in [0.1, 0.15) is 16.8 Å². The first-order chi connectivity index (χ1) is 8.61. The molecule has 1 heterocycles. The second-order valence-electron chi connectivity index (χ2n) is 4.16. The van der Waals surface area contributed by atoms with E-state index in [1.165, 1.54) is 12.1 Å². The summed E-state index contributed by atoms with van der Waals surface area (Å²) in [6.07, 6.45) is 1.75. The third-order valence-corrected chi connectivity index (χ3v) is 3.09. The van der Waals surface area contributed by atoms with Gasteiger partial charge in [-0.1, -0.05) is 18.5 Å². The second-order valence-corrected chi connectivity index (χ2v) is 4.52. The molecule has 0 saturated carbocycles. The fraction of sp³-hybridized carbons (Fsp3) is 0.286. The Hall–Kier alpha value is -1.48. The zero-order valence-electron chi connectivity index (χ0n) is 10.4. The minimum Gasteiger partial charge on any atom is -0.233 e. The van der Waals surface area contributed by atoms with Gasteiger partial charge in [0, 0.05) is 17.5 Å². The van der Waals surface area contributed by atoms with Crippen LogP contribution in [0.25, 0.3) is 11.3 Å². The molecule has 4 heteroatoms. The average molecular weight is 265 g/mol. The van der Waals surface area contributed by atoms with E-state index in [9.17, 15) is 4.39 Å². The Kier molecular flexibility index (Phi) is 3.92. The van der Waals surface area contributed by atoms with E-state index < -0.39 is 0 Å². The van der Waals surface area contributed by atoms with Gasteiger partial charge in [-0.25, -0.2) is 14.4 Å². The first kappa shape index (κ1) is 13.0. The second kappa shape index (κ2) is 5.44. The lowest BCUT2D eigenvalue weighted by atomic mass is 10.1. The summed E-state index contributed by atoms with van der Waals surface area (Å²) in [7, 11) is 0. The number of benzene rings is 1. The van der Waals surface area contributed by atoms with E-state index in [1.54, 1.807) is 12.1 Å². The first-order valence-electron chi connectivity index (χ1n) is 5.90. The van der Waals surface area contributed by atoms with Gasteiger partial charge in [-0.05, 0) is 37.6 Å². The summed E-state index contributed by atoms with van der Waals surface area (Å²) in [5, 5.41) is 0.466. The van der Waals surface area contributed by atoms with Gasteiger partial charge >= 0.3 is 0 Å². The molecular formula is C14H14ClFN2. The minimum absolute atomic E-state index is 0.259. The number of aryl methyl sites for hydroxylation is 1. The molecule has 1 aromatic carbocycles. The van der Waals surface area contributed by atoms with E-state index in [4.69, 9.17) is 11.6 Å². The van der Waals surface area contributed by atoms with Crippen molar-refractivity contribution in [2.24, 2.45) is 0 Å². The third-order valence-electron chi connectivity index (χ3n) is 2.72. The van der Waals surface area contributed by atoms with Crippen LogP contribution < -0.4 is 0 Å². The molecule has 0 unspecified atom stereocenters. The molecule has 18 heavy (non-hydrogen) atoms. The lowest BCUT2D eigenvalue weighted by Crippen LogP contribution is -2.00. The molecule has 0 atom stereocenters. The summed E-state index contributed by atoms with van der Waals surface area (Å²) in [4.78, 5) is 8.75. The quantitative estimate of drug-likeness (QED) is 0.777. The highest BCUT2D eigenvalue weighted by Crippen LogP contribution is 2.26. The molecule has 2 nitrogen and oxygen atoms in total. The molecule has 0 fully saturated rings. The standard InChI is InChI=1S/C14H14ClFN2/c1-3-4-12-17-13(9(2)14(15)18-12)10-5-7-11(16)8-6-10/h5-8H,3-4H2,1-2H3. The van der Waals surface area contributed by atoms with Crippen molar-refractivity contribution in [1.82, 2.24) is 9.97 Å². The summed E-state index contributed by atoms with van der Waals surface area (Å²) >= 11 is 6.11. The number of halogens is 2. The first-order valence-corrected chi connectivity index (χ1v) is 6.28. The van der Waals surface area contributed by atoms with Gasteiger partial charge in [0.2, 0.25) is 0 Å². The highest BCUT2D eigenvalue weighted by molar-refractivity contribution is 6.30. The average Bonchev–Trinajstić information content (AvgIpc) is 2.35. The van der Waals surface area contributed by atoms with E-state index in [0.717, 1.165) is 35.5 Å². The van der Waals surface area contributed by atoms with Gasteiger partial charge in [0.25, 0.3) is 0 Å². The van der Waals surface area contributed by atoms with Crippen LogP contribution in [0.5, 0.6) is 0 Å². The summed E-state index contributed by atoms with van der Waals surface area (Å²) in [6, 6.07) is 6.25. The van der Waals surface area contributed by atoms with Crippen molar-refractivity contribution in [2.75, 3.05) is 0 Å². The number of hydrogen-bond acceptors (Lipinski definition) is 2. The zero-order chi connectivity index (χ0) is 13.1. The predicted molar refractivity (Wildman–Crippen MR) is 71.2 cm³/mol. The molecule has 0 N–H and O–H groups in total. The summed E-state index contributed by atoms with van der Waals surface area (Å²) in [6.45, 7) is 3.94. The molecule has 2 rings (SSSR count). The van der Waals surface area contributed by atoms with Crippen LogP contribution in [0, 0.1) is 12.7 Å². The Bertz CT molecular complexity index is 552. The number of rotatable bonds is 3. The molecule has 0 bridgehead atoms. The topological polar surface area (TPSA) is 25.8 Å². The Balaban J connectivity index is 2.51. The fourth-order valence-corrected chi connectivity index (χ4v) is 1.94. The Labute approximate surface area is 111 Å². The van der Waals surface area contributed by atoms with Gasteiger partial charge in [0.05, 0.1) is 5.69 Å². The van der Waals surface area contributed by atoms with E-state index in [1.807, 2.05) is 6.92 Å². The van der Waals surface area contributed by atoms with Crippen molar-refractivity contribution in [2.45, 2.75) is 26.7 Å². The van der Waals surface area contributed by atoms with Crippen LogP contribution in [0.3, 0.4) is 0 Å². The minimum atomic E-state index is -0.259. The lowest BCUT2D eigenvalue weighted by molar-refractivity contribution is 0.628. The van der Waals surface area contributed by atoms with E-state index in [2.05, 4.69) is 16.9 Å². The molecule has 2 aromatic rings. The Morgan fingerprint density at radius 3 is 2.44 bits per heavy atom. The maximum Gasteiger partial charge on any atom is 0.136 e. The van der Waals surface area contributed by atoms with Gasteiger partial charge in [-0.3, -0.25) is 0 Å². The monoisotopic (exact) mass is 264 g/mol. The molecule has 0 saturated heterocycles. The lowest BCUT2D eigenvalue weighted by Gasteiger charge is -2.09. The van der Waals surface area contributed by atoms with Crippen LogP contribution >= 0.6 is 11.6 Å². The molecule has 1 aromatic heterocycles. The van der Waals surface area contributed by atoms with Crippen molar-refractivity contribution >= 4 is 11.6 Å². The summed E-state index contributed by atoms with van der Waals surface area (Å²) < 4.78 is 12.9. The molecule has 0 aliphatic rings. The number of hydrogen-bond donors (Lipinski definition) is 0. The van der Waals surface area contributed by atoms with Gasteiger partial charge < -0.3 is 0 Å². The summed E-state index contributed by atoms with van der Waals surface area (Å²) in [5.74, 6) is 0.470. The van der Waals surface area contributed by atoms with Crippen LogP contribution in [0.1, 0.15) is 24.7 Å². The number of nitrogens with zero attached hydrogens (tertiary/aromatic N) is 2. The largest absolute Gasteiger partial charge is 0.233 e. The summed E-state index contributed by atoms with van der Waals surface area (Å²) in [5.41, 5.74) is 2.46. The van der Waals surface area contributed by atoms with Crippen molar-refractivity contribution in [1.29, 1.82) is 0 Å². The third kappa shape index (κ3) is 2.67. The highest BCUT2D eigenvalue weighted by Gasteiger charge is 2.11. The van der Waals surface area contributed by atoms with E-state index >= 15 is 0 Å². The van der Waals surface area contributed by atoms with Crippen molar-refractivity contribution < 1.29 is 4.39 Å². The molecule has 0 radical (unpaired) electrons. The molecule has 94 valence electrons. The number of aromatic nitrogens is 2. The highest BCUT2D eigenvalue weighted by atomic mass is 35.5. The molecule has 0 spiro atoms. The Morgan fingerprint density at radius 2 is 1.83 bits per heavy atom. The fourth-order valence-electron chi connectivity index (χ4n) is 1.76. The molecular weight excluding hydrogens is 251 g/mol.